The highest BCUT2D eigenvalue weighted by Crippen LogP contribution is 2.23. The highest BCUT2D eigenvalue weighted by atomic mass is 35.5. The van der Waals surface area contributed by atoms with E-state index in [-0.39, 0.29) is 0 Å². The van der Waals surface area contributed by atoms with Gasteiger partial charge in [0.1, 0.15) is 0 Å². The summed E-state index contributed by atoms with van der Waals surface area (Å²) in [4.78, 5) is 0. The van der Waals surface area contributed by atoms with Crippen LogP contribution >= 0.6 is 23.2 Å². The van der Waals surface area contributed by atoms with Gasteiger partial charge in [-0.05, 0) is 6.07 Å². The van der Waals surface area contributed by atoms with Crippen molar-refractivity contribution in [3.63, 3.8) is 0 Å². The summed E-state index contributed by atoms with van der Waals surface area (Å²) in [6.45, 7) is 0. The number of rotatable bonds is 2. The van der Waals surface area contributed by atoms with Crippen LogP contribution in [0.5, 0.6) is 0 Å². The zero-order valence-corrected chi connectivity index (χ0v) is 8.02. The van der Waals surface area contributed by atoms with Gasteiger partial charge in [0.25, 0.3) is 0 Å². The molecule has 12 heavy (non-hydrogen) atoms. The lowest BCUT2D eigenvalue weighted by atomic mass is 10.2. The molecule has 0 aliphatic carbocycles. The Kier molecular flexibility index (Phi) is 3.38. The van der Waals surface area contributed by atoms with E-state index in [0.29, 0.717) is 10.0 Å². The standard InChI is InChI=1S/C8H8Cl2N2/c1-11-12-5-6-3-2-4-7(9)8(6)10/h2-5,11H,1H3/b12-5+. The molecule has 0 aromatic heterocycles. The molecule has 0 unspecified atom stereocenters. The number of hydrogen-bond acceptors (Lipinski definition) is 2. The van der Waals surface area contributed by atoms with Crippen LogP contribution in [0.15, 0.2) is 23.3 Å². The molecule has 1 aromatic rings. The minimum Gasteiger partial charge on any atom is -0.313 e. The van der Waals surface area contributed by atoms with Crippen LogP contribution in [0, 0.1) is 0 Å². The first-order valence-electron chi connectivity index (χ1n) is 3.39. The normalized spacial score (nSPS) is 10.6. The largest absolute Gasteiger partial charge is 0.313 e. The molecule has 1 aromatic carbocycles. The number of hydrogen-bond donors (Lipinski definition) is 1. The smallest absolute Gasteiger partial charge is 0.0680 e. The van der Waals surface area contributed by atoms with E-state index in [9.17, 15) is 0 Å². The van der Waals surface area contributed by atoms with Crippen molar-refractivity contribution in [2.75, 3.05) is 7.05 Å². The maximum atomic E-state index is 5.88. The molecule has 1 N–H and O–H groups in total. The van der Waals surface area contributed by atoms with Crippen LogP contribution in [0.4, 0.5) is 0 Å². The molecule has 4 heteroatoms. The third-order valence-electron chi connectivity index (χ3n) is 1.31. The molecule has 64 valence electrons. The van der Waals surface area contributed by atoms with Gasteiger partial charge in [-0.25, -0.2) is 0 Å². The number of nitrogens with zero attached hydrogens (tertiary/aromatic N) is 1. The molecule has 0 fully saturated rings. The van der Waals surface area contributed by atoms with Gasteiger partial charge in [0.05, 0.1) is 16.3 Å². The molecular formula is C8H8Cl2N2. The van der Waals surface area contributed by atoms with Crippen LogP contribution in [0.3, 0.4) is 0 Å². The second-order valence-corrected chi connectivity index (χ2v) is 2.91. The Morgan fingerprint density at radius 3 is 2.83 bits per heavy atom. The Balaban J connectivity index is 3.00. The maximum absolute atomic E-state index is 5.88. The zero-order valence-electron chi connectivity index (χ0n) is 6.51. The second-order valence-electron chi connectivity index (χ2n) is 2.12. The average Bonchev–Trinajstić information content (AvgIpc) is 2.08. The third-order valence-corrected chi connectivity index (χ3v) is 2.15. The molecule has 0 aliphatic heterocycles. The molecule has 2 nitrogen and oxygen atoms in total. The highest BCUT2D eigenvalue weighted by molar-refractivity contribution is 6.43. The fourth-order valence-electron chi connectivity index (χ4n) is 0.754. The first-order valence-corrected chi connectivity index (χ1v) is 4.15. The molecule has 0 aliphatic rings. The maximum Gasteiger partial charge on any atom is 0.0680 e. The second kappa shape index (κ2) is 4.33. The molecular weight excluding hydrogens is 195 g/mol. The number of halogens is 2. The minimum absolute atomic E-state index is 0.526. The summed E-state index contributed by atoms with van der Waals surface area (Å²) in [6.07, 6.45) is 1.62. The van der Waals surface area contributed by atoms with Crippen LogP contribution in [0.1, 0.15) is 5.56 Å². The highest BCUT2D eigenvalue weighted by Gasteiger charge is 2.00. The van der Waals surface area contributed by atoms with Crippen LogP contribution < -0.4 is 5.43 Å². The van der Waals surface area contributed by atoms with Crippen molar-refractivity contribution in [3.05, 3.63) is 33.8 Å². The fourth-order valence-corrected chi connectivity index (χ4v) is 1.11. The lowest BCUT2D eigenvalue weighted by Crippen LogP contribution is -1.95. The van der Waals surface area contributed by atoms with E-state index >= 15 is 0 Å². The van der Waals surface area contributed by atoms with Crippen molar-refractivity contribution in [1.29, 1.82) is 0 Å². The van der Waals surface area contributed by atoms with Crippen molar-refractivity contribution in [2.45, 2.75) is 0 Å². The van der Waals surface area contributed by atoms with Crippen molar-refractivity contribution >= 4 is 29.4 Å². The summed E-state index contributed by atoms with van der Waals surface area (Å²) in [5, 5.41) is 4.89. The molecule has 0 radical (unpaired) electrons. The van der Waals surface area contributed by atoms with E-state index in [1.54, 1.807) is 19.3 Å². The van der Waals surface area contributed by atoms with Crippen LogP contribution in [-0.4, -0.2) is 13.3 Å². The van der Waals surface area contributed by atoms with Gasteiger partial charge in [-0.3, -0.25) is 0 Å². The average molecular weight is 203 g/mol. The quantitative estimate of drug-likeness (QED) is 0.579. The Morgan fingerprint density at radius 1 is 1.42 bits per heavy atom. The van der Waals surface area contributed by atoms with E-state index in [1.165, 1.54) is 0 Å². The van der Waals surface area contributed by atoms with Gasteiger partial charge in [0.2, 0.25) is 0 Å². The summed E-state index contributed by atoms with van der Waals surface area (Å²) < 4.78 is 0. The van der Waals surface area contributed by atoms with Gasteiger partial charge >= 0.3 is 0 Å². The Labute approximate surface area is 81.2 Å². The van der Waals surface area contributed by atoms with Crippen molar-refractivity contribution < 1.29 is 0 Å². The fraction of sp³-hybridized carbons (Fsp3) is 0.125. The summed E-state index contributed by atoms with van der Waals surface area (Å²) in [5.41, 5.74) is 3.43. The topological polar surface area (TPSA) is 24.4 Å². The zero-order chi connectivity index (χ0) is 8.97. The molecule has 0 atom stereocenters. The number of hydrazone groups is 1. The lowest BCUT2D eigenvalue weighted by molar-refractivity contribution is 0.908. The molecule has 0 spiro atoms. The Bertz CT molecular complexity index is 297. The summed E-state index contributed by atoms with van der Waals surface area (Å²) >= 11 is 11.7. The molecule has 0 amide bonds. The van der Waals surface area contributed by atoms with Gasteiger partial charge in [0.15, 0.2) is 0 Å². The number of benzene rings is 1. The molecule has 0 saturated carbocycles. The van der Waals surface area contributed by atoms with Gasteiger partial charge in [0, 0.05) is 12.6 Å². The van der Waals surface area contributed by atoms with Crippen LogP contribution in [0.25, 0.3) is 0 Å². The first-order chi connectivity index (χ1) is 5.75. The van der Waals surface area contributed by atoms with E-state index in [1.807, 2.05) is 12.1 Å². The van der Waals surface area contributed by atoms with E-state index in [2.05, 4.69) is 10.5 Å². The van der Waals surface area contributed by atoms with Crippen LogP contribution in [0.2, 0.25) is 10.0 Å². The number of nitrogens with one attached hydrogen (secondary N) is 1. The van der Waals surface area contributed by atoms with Crippen LogP contribution in [-0.2, 0) is 0 Å². The minimum atomic E-state index is 0.526. The van der Waals surface area contributed by atoms with Gasteiger partial charge < -0.3 is 5.43 Å². The van der Waals surface area contributed by atoms with E-state index < -0.39 is 0 Å². The predicted molar refractivity (Wildman–Crippen MR) is 53.1 cm³/mol. The summed E-state index contributed by atoms with van der Waals surface area (Å²) in [7, 11) is 1.72. The van der Waals surface area contributed by atoms with Gasteiger partial charge in [-0.1, -0.05) is 35.3 Å². The Morgan fingerprint density at radius 2 is 2.17 bits per heavy atom. The van der Waals surface area contributed by atoms with Gasteiger partial charge in [-0.15, -0.1) is 0 Å². The Hall–Kier alpha value is -0.730. The van der Waals surface area contributed by atoms with Crippen molar-refractivity contribution in [2.24, 2.45) is 5.10 Å². The van der Waals surface area contributed by atoms with E-state index in [4.69, 9.17) is 23.2 Å². The monoisotopic (exact) mass is 202 g/mol. The lowest BCUT2D eigenvalue weighted by Gasteiger charge is -1.98. The van der Waals surface area contributed by atoms with Crippen molar-refractivity contribution in [1.82, 2.24) is 5.43 Å². The first kappa shape index (κ1) is 9.36. The predicted octanol–water partition coefficient (Wildman–Crippen LogP) is 2.55. The molecule has 1 rings (SSSR count). The van der Waals surface area contributed by atoms with Gasteiger partial charge in [-0.2, -0.15) is 5.10 Å². The molecule has 0 saturated heterocycles. The summed E-state index contributed by atoms with van der Waals surface area (Å²) in [5.74, 6) is 0. The SMILES string of the molecule is CN/N=C/c1cccc(Cl)c1Cl. The summed E-state index contributed by atoms with van der Waals surface area (Å²) in [6, 6.07) is 5.40. The third kappa shape index (κ3) is 2.13. The molecule has 0 bridgehead atoms. The van der Waals surface area contributed by atoms with Crippen molar-refractivity contribution in [3.8, 4) is 0 Å². The molecule has 0 heterocycles. The van der Waals surface area contributed by atoms with E-state index in [0.717, 1.165) is 5.56 Å².